The minimum atomic E-state index is -0.471. The Balaban J connectivity index is 1.67. The zero-order valence-electron chi connectivity index (χ0n) is 15.8. The van der Waals surface area contributed by atoms with Gasteiger partial charge in [-0.1, -0.05) is 30.3 Å². The SMILES string of the molecule is C[C@@H](NC(=O)Nc1ccc([N+](=O)[O-])cc1)[C@@H](c1ccccc1)[NH+]1CCOCC1. The van der Waals surface area contributed by atoms with Crippen molar-refractivity contribution in [2.75, 3.05) is 31.6 Å². The smallest absolute Gasteiger partial charge is 0.319 e. The van der Waals surface area contributed by atoms with Crippen LogP contribution in [-0.2, 0) is 4.74 Å². The number of morpholine rings is 1. The van der Waals surface area contributed by atoms with E-state index in [-0.39, 0.29) is 23.8 Å². The summed E-state index contributed by atoms with van der Waals surface area (Å²) in [5, 5.41) is 16.5. The molecule has 8 heteroatoms. The predicted octanol–water partition coefficient (Wildman–Crippen LogP) is 1.76. The second kappa shape index (κ2) is 9.29. The average molecular weight is 385 g/mol. The lowest BCUT2D eigenvalue weighted by Crippen LogP contribution is -3.15. The number of amides is 2. The summed E-state index contributed by atoms with van der Waals surface area (Å²) in [4.78, 5) is 24.1. The number of nitrogens with zero attached hydrogens (tertiary/aromatic N) is 1. The van der Waals surface area contributed by atoms with Crippen molar-refractivity contribution < 1.29 is 19.4 Å². The van der Waals surface area contributed by atoms with Gasteiger partial charge in [0, 0.05) is 23.4 Å². The topological polar surface area (TPSA) is 97.9 Å². The fraction of sp³-hybridized carbons (Fsp3) is 0.350. The van der Waals surface area contributed by atoms with Gasteiger partial charge in [-0.15, -0.1) is 0 Å². The zero-order chi connectivity index (χ0) is 19.9. The van der Waals surface area contributed by atoms with Crippen molar-refractivity contribution in [3.63, 3.8) is 0 Å². The first-order valence-corrected chi connectivity index (χ1v) is 9.34. The van der Waals surface area contributed by atoms with Gasteiger partial charge in [-0.25, -0.2) is 4.79 Å². The first-order chi connectivity index (χ1) is 13.5. The highest BCUT2D eigenvalue weighted by Gasteiger charge is 2.32. The van der Waals surface area contributed by atoms with E-state index in [0.29, 0.717) is 18.9 Å². The molecule has 1 saturated heterocycles. The van der Waals surface area contributed by atoms with E-state index in [1.54, 1.807) is 0 Å². The maximum atomic E-state index is 12.5. The van der Waals surface area contributed by atoms with Gasteiger partial charge in [0.1, 0.15) is 19.1 Å². The largest absolute Gasteiger partial charge is 0.370 e. The molecular weight excluding hydrogens is 360 g/mol. The Labute approximate surface area is 163 Å². The van der Waals surface area contributed by atoms with Crippen LogP contribution in [0.3, 0.4) is 0 Å². The van der Waals surface area contributed by atoms with Crippen molar-refractivity contribution in [1.82, 2.24) is 5.32 Å². The average Bonchev–Trinajstić information content (AvgIpc) is 2.70. The Bertz CT molecular complexity index is 792. The summed E-state index contributed by atoms with van der Waals surface area (Å²) in [5.41, 5.74) is 1.66. The summed E-state index contributed by atoms with van der Waals surface area (Å²) >= 11 is 0. The number of nitro groups is 1. The number of hydrogen-bond donors (Lipinski definition) is 3. The van der Waals surface area contributed by atoms with E-state index in [1.165, 1.54) is 34.7 Å². The number of non-ortho nitro benzene ring substituents is 1. The van der Waals surface area contributed by atoms with E-state index in [2.05, 4.69) is 22.8 Å². The van der Waals surface area contributed by atoms with Gasteiger partial charge in [-0.2, -0.15) is 0 Å². The third-order valence-corrected chi connectivity index (χ3v) is 4.93. The van der Waals surface area contributed by atoms with Gasteiger partial charge in [0.05, 0.1) is 24.2 Å². The van der Waals surface area contributed by atoms with E-state index < -0.39 is 4.92 Å². The number of ether oxygens (including phenoxy) is 1. The molecular formula is C20H25N4O4+. The summed E-state index contributed by atoms with van der Waals surface area (Å²) in [6, 6.07) is 15.6. The van der Waals surface area contributed by atoms with Crippen LogP contribution < -0.4 is 15.5 Å². The van der Waals surface area contributed by atoms with Crippen molar-refractivity contribution >= 4 is 17.4 Å². The Kier molecular flexibility index (Phi) is 6.57. The lowest BCUT2D eigenvalue weighted by Gasteiger charge is -2.35. The molecule has 0 saturated carbocycles. The molecule has 148 valence electrons. The number of benzene rings is 2. The molecule has 1 aliphatic rings. The lowest BCUT2D eigenvalue weighted by molar-refractivity contribution is -0.940. The zero-order valence-corrected chi connectivity index (χ0v) is 15.8. The van der Waals surface area contributed by atoms with Gasteiger partial charge in [-0.3, -0.25) is 10.1 Å². The number of carbonyl (C=O) groups is 1. The first kappa shape index (κ1) is 19.8. The molecule has 0 bridgehead atoms. The molecule has 0 unspecified atom stereocenters. The fourth-order valence-corrected chi connectivity index (χ4v) is 3.61. The Hall–Kier alpha value is -2.97. The van der Waals surface area contributed by atoms with Gasteiger partial charge in [0.15, 0.2) is 0 Å². The maximum absolute atomic E-state index is 12.5. The van der Waals surface area contributed by atoms with E-state index in [9.17, 15) is 14.9 Å². The molecule has 2 aromatic carbocycles. The number of quaternary nitrogens is 1. The van der Waals surface area contributed by atoms with Crippen LogP contribution in [0.25, 0.3) is 0 Å². The molecule has 8 nitrogen and oxygen atoms in total. The van der Waals surface area contributed by atoms with Gasteiger partial charge >= 0.3 is 6.03 Å². The van der Waals surface area contributed by atoms with E-state index in [4.69, 9.17) is 4.74 Å². The number of nitrogens with one attached hydrogen (secondary N) is 3. The lowest BCUT2D eigenvalue weighted by atomic mass is 9.98. The van der Waals surface area contributed by atoms with Gasteiger partial charge < -0.3 is 20.3 Å². The van der Waals surface area contributed by atoms with Crippen LogP contribution in [-0.4, -0.2) is 43.3 Å². The Morgan fingerprint density at radius 3 is 2.36 bits per heavy atom. The van der Waals surface area contributed by atoms with Crippen molar-refractivity contribution in [3.05, 3.63) is 70.3 Å². The predicted molar refractivity (Wildman–Crippen MR) is 105 cm³/mol. The minimum absolute atomic E-state index is 0.0145. The highest BCUT2D eigenvalue weighted by atomic mass is 16.6. The summed E-state index contributed by atoms with van der Waals surface area (Å²) in [5.74, 6) is 0. The highest BCUT2D eigenvalue weighted by molar-refractivity contribution is 5.89. The van der Waals surface area contributed by atoms with Crippen LogP contribution in [0.2, 0.25) is 0 Å². The van der Waals surface area contributed by atoms with E-state index >= 15 is 0 Å². The molecule has 3 rings (SSSR count). The minimum Gasteiger partial charge on any atom is -0.370 e. The van der Waals surface area contributed by atoms with Gasteiger partial charge in [-0.05, 0) is 19.1 Å². The first-order valence-electron chi connectivity index (χ1n) is 9.34. The molecule has 3 N–H and O–H groups in total. The highest BCUT2D eigenvalue weighted by Crippen LogP contribution is 2.17. The van der Waals surface area contributed by atoms with Crippen LogP contribution in [0.15, 0.2) is 54.6 Å². The molecule has 2 aromatic rings. The maximum Gasteiger partial charge on any atom is 0.319 e. The fourth-order valence-electron chi connectivity index (χ4n) is 3.61. The third kappa shape index (κ3) is 5.05. The second-order valence-electron chi connectivity index (χ2n) is 6.85. The van der Waals surface area contributed by atoms with Crippen molar-refractivity contribution in [3.8, 4) is 0 Å². The molecule has 28 heavy (non-hydrogen) atoms. The monoisotopic (exact) mass is 385 g/mol. The molecule has 0 radical (unpaired) electrons. The standard InChI is InChI=1S/C20H24N4O4/c1-15(21-20(25)22-17-7-9-18(10-8-17)24(26)27)19(16-5-3-2-4-6-16)23-11-13-28-14-12-23/h2-10,15,19H,11-14H2,1H3,(H2,21,22,25)/p+1/t15-,19+/m1/s1. The van der Waals surface area contributed by atoms with Crippen LogP contribution in [0.4, 0.5) is 16.2 Å². The summed E-state index contributed by atoms with van der Waals surface area (Å²) in [6.07, 6.45) is 0. The Morgan fingerprint density at radius 1 is 1.11 bits per heavy atom. The van der Waals surface area contributed by atoms with Crippen molar-refractivity contribution in [2.45, 2.75) is 19.0 Å². The van der Waals surface area contributed by atoms with Crippen LogP contribution >= 0.6 is 0 Å². The molecule has 0 aliphatic carbocycles. The van der Waals surface area contributed by atoms with Crippen molar-refractivity contribution in [1.29, 1.82) is 0 Å². The number of anilines is 1. The van der Waals surface area contributed by atoms with Crippen molar-refractivity contribution in [2.24, 2.45) is 0 Å². The summed E-state index contributed by atoms with van der Waals surface area (Å²) < 4.78 is 5.48. The number of urea groups is 1. The van der Waals surface area contributed by atoms with Gasteiger partial charge in [0.2, 0.25) is 0 Å². The number of nitro benzene ring substituents is 1. The molecule has 0 spiro atoms. The number of carbonyl (C=O) groups excluding carboxylic acids is 1. The Morgan fingerprint density at radius 2 is 1.75 bits per heavy atom. The molecule has 0 aromatic heterocycles. The molecule has 1 fully saturated rings. The molecule has 1 aliphatic heterocycles. The van der Waals surface area contributed by atoms with Crippen LogP contribution in [0.1, 0.15) is 18.5 Å². The summed E-state index contributed by atoms with van der Waals surface area (Å²) in [6.45, 7) is 5.18. The number of hydrogen-bond acceptors (Lipinski definition) is 4. The summed E-state index contributed by atoms with van der Waals surface area (Å²) in [7, 11) is 0. The van der Waals surface area contributed by atoms with Gasteiger partial charge in [0.25, 0.3) is 5.69 Å². The third-order valence-electron chi connectivity index (χ3n) is 4.93. The normalized spacial score (nSPS) is 16.8. The van der Waals surface area contributed by atoms with E-state index in [1.807, 2.05) is 25.1 Å². The molecule has 2 atom stereocenters. The van der Waals surface area contributed by atoms with E-state index in [0.717, 1.165) is 13.1 Å². The molecule has 1 heterocycles. The van der Waals surface area contributed by atoms with Crippen LogP contribution in [0, 0.1) is 10.1 Å². The van der Waals surface area contributed by atoms with Crippen LogP contribution in [0.5, 0.6) is 0 Å². The number of rotatable bonds is 6. The quantitative estimate of drug-likeness (QED) is 0.521. The second-order valence-corrected chi connectivity index (χ2v) is 6.85. The molecule has 2 amide bonds.